The summed E-state index contributed by atoms with van der Waals surface area (Å²) in [4.78, 5) is 16.9. The minimum atomic E-state index is 0.460. The summed E-state index contributed by atoms with van der Waals surface area (Å²) in [5.74, 6) is 2.33. The summed E-state index contributed by atoms with van der Waals surface area (Å²) in [6, 6.07) is 0. The highest BCUT2D eigenvalue weighted by molar-refractivity contribution is 5.37. The topological polar surface area (TPSA) is 93.4 Å². The minimum Gasteiger partial charge on any atom is -0.354 e. The van der Waals surface area contributed by atoms with Crippen LogP contribution in [0.4, 0.5) is 11.9 Å². The molecule has 1 aliphatic carbocycles. The van der Waals surface area contributed by atoms with Crippen molar-refractivity contribution in [3.63, 3.8) is 0 Å². The van der Waals surface area contributed by atoms with Gasteiger partial charge in [0.2, 0.25) is 11.9 Å². The Morgan fingerprint density at radius 2 is 2.00 bits per heavy atom. The van der Waals surface area contributed by atoms with Gasteiger partial charge in [-0.3, -0.25) is 0 Å². The molecular formula is C11H16N8. The highest BCUT2D eigenvalue weighted by Gasteiger charge is 2.21. The fourth-order valence-corrected chi connectivity index (χ4v) is 1.65. The van der Waals surface area contributed by atoms with Gasteiger partial charge in [-0.2, -0.15) is 24.7 Å². The van der Waals surface area contributed by atoms with Crippen molar-refractivity contribution in [3.05, 3.63) is 12.7 Å². The van der Waals surface area contributed by atoms with E-state index in [4.69, 9.17) is 0 Å². The second kappa shape index (κ2) is 5.17. The lowest BCUT2D eigenvalue weighted by Crippen LogP contribution is -2.14. The van der Waals surface area contributed by atoms with Crippen LogP contribution in [0.5, 0.6) is 0 Å². The third-order valence-corrected chi connectivity index (χ3v) is 2.83. The predicted octanol–water partition coefficient (Wildman–Crippen LogP) is 0.706. The molecule has 1 aliphatic rings. The van der Waals surface area contributed by atoms with Crippen LogP contribution in [0.25, 0.3) is 5.95 Å². The number of aromatic nitrogens is 6. The lowest BCUT2D eigenvalue weighted by Gasteiger charge is -2.08. The molecule has 0 bridgehead atoms. The Labute approximate surface area is 110 Å². The first kappa shape index (κ1) is 11.8. The summed E-state index contributed by atoms with van der Waals surface area (Å²) in [6.45, 7) is 3.66. The van der Waals surface area contributed by atoms with Crippen LogP contribution in [0.1, 0.15) is 19.8 Å². The Morgan fingerprint density at radius 1 is 1.21 bits per heavy atom. The van der Waals surface area contributed by atoms with E-state index in [1.165, 1.54) is 23.9 Å². The van der Waals surface area contributed by atoms with Gasteiger partial charge in [-0.05, 0) is 25.7 Å². The molecule has 0 aromatic carbocycles. The fourth-order valence-electron chi connectivity index (χ4n) is 1.65. The molecule has 2 aromatic heterocycles. The largest absolute Gasteiger partial charge is 0.354 e. The monoisotopic (exact) mass is 260 g/mol. The zero-order chi connectivity index (χ0) is 13.1. The zero-order valence-electron chi connectivity index (χ0n) is 10.7. The summed E-state index contributed by atoms with van der Waals surface area (Å²) in [5.41, 5.74) is 0. The van der Waals surface area contributed by atoms with Gasteiger partial charge in [0.05, 0.1) is 0 Å². The Bertz CT molecular complexity index is 534. The van der Waals surface area contributed by atoms with E-state index in [0.29, 0.717) is 17.8 Å². The second-order valence-corrected chi connectivity index (χ2v) is 4.48. The first-order valence-corrected chi connectivity index (χ1v) is 6.44. The molecule has 100 valence electrons. The summed E-state index contributed by atoms with van der Waals surface area (Å²) in [6.07, 6.45) is 5.59. The minimum absolute atomic E-state index is 0.460. The van der Waals surface area contributed by atoms with Crippen molar-refractivity contribution < 1.29 is 0 Å². The van der Waals surface area contributed by atoms with Crippen LogP contribution in [0.2, 0.25) is 0 Å². The molecule has 0 atom stereocenters. The van der Waals surface area contributed by atoms with Gasteiger partial charge in [0.1, 0.15) is 12.7 Å². The lowest BCUT2D eigenvalue weighted by atomic mass is 10.4. The van der Waals surface area contributed by atoms with Gasteiger partial charge in [0, 0.05) is 13.1 Å². The summed E-state index contributed by atoms with van der Waals surface area (Å²) < 4.78 is 1.52. The lowest BCUT2D eigenvalue weighted by molar-refractivity contribution is 0.788. The fraction of sp³-hybridized carbons (Fsp3) is 0.545. The van der Waals surface area contributed by atoms with E-state index < -0.39 is 0 Å². The molecule has 0 amide bonds. The molecule has 2 aromatic rings. The van der Waals surface area contributed by atoms with E-state index in [1.54, 1.807) is 6.33 Å². The van der Waals surface area contributed by atoms with Gasteiger partial charge in [-0.1, -0.05) is 0 Å². The van der Waals surface area contributed by atoms with Crippen molar-refractivity contribution in [1.82, 2.24) is 29.7 Å². The van der Waals surface area contributed by atoms with E-state index in [-0.39, 0.29) is 0 Å². The third kappa shape index (κ3) is 2.95. The average Bonchev–Trinajstić information content (AvgIpc) is 3.08. The average molecular weight is 260 g/mol. The molecule has 1 saturated carbocycles. The Hall–Kier alpha value is -2.25. The molecule has 0 unspecified atom stereocenters. The van der Waals surface area contributed by atoms with E-state index in [0.717, 1.165) is 19.0 Å². The third-order valence-electron chi connectivity index (χ3n) is 2.83. The maximum absolute atomic E-state index is 4.34. The molecule has 2 heterocycles. The smallest absolute Gasteiger partial charge is 0.258 e. The maximum atomic E-state index is 4.34. The Kier molecular flexibility index (Phi) is 3.21. The van der Waals surface area contributed by atoms with Crippen molar-refractivity contribution >= 4 is 11.9 Å². The van der Waals surface area contributed by atoms with Crippen LogP contribution in [-0.4, -0.2) is 42.8 Å². The van der Waals surface area contributed by atoms with Crippen molar-refractivity contribution in [3.8, 4) is 5.95 Å². The molecule has 3 rings (SSSR count). The summed E-state index contributed by atoms with van der Waals surface area (Å²) in [7, 11) is 0. The van der Waals surface area contributed by atoms with Crippen molar-refractivity contribution in [1.29, 1.82) is 0 Å². The first-order chi connectivity index (χ1) is 9.35. The van der Waals surface area contributed by atoms with Crippen LogP contribution in [-0.2, 0) is 0 Å². The summed E-state index contributed by atoms with van der Waals surface area (Å²) >= 11 is 0. The van der Waals surface area contributed by atoms with Crippen molar-refractivity contribution in [2.45, 2.75) is 19.8 Å². The molecule has 0 spiro atoms. The molecule has 0 aliphatic heterocycles. The molecule has 0 saturated heterocycles. The van der Waals surface area contributed by atoms with Crippen LogP contribution < -0.4 is 10.6 Å². The van der Waals surface area contributed by atoms with Crippen LogP contribution in [0.15, 0.2) is 12.7 Å². The Morgan fingerprint density at radius 3 is 2.63 bits per heavy atom. The van der Waals surface area contributed by atoms with Gasteiger partial charge >= 0.3 is 0 Å². The van der Waals surface area contributed by atoms with Crippen molar-refractivity contribution in [2.75, 3.05) is 23.7 Å². The first-order valence-electron chi connectivity index (χ1n) is 6.44. The molecule has 8 heteroatoms. The van der Waals surface area contributed by atoms with Crippen LogP contribution in [0.3, 0.4) is 0 Å². The van der Waals surface area contributed by atoms with E-state index in [9.17, 15) is 0 Å². The molecule has 2 N–H and O–H groups in total. The van der Waals surface area contributed by atoms with Gasteiger partial charge in [0.15, 0.2) is 0 Å². The molecular weight excluding hydrogens is 244 g/mol. The van der Waals surface area contributed by atoms with E-state index >= 15 is 0 Å². The number of nitrogens with zero attached hydrogens (tertiary/aromatic N) is 6. The van der Waals surface area contributed by atoms with E-state index in [1.807, 2.05) is 6.92 Å². The second-order valence-electron chi connectivity index (χ2n) is 4.48. The normalized spacial score (nSPS) is 14.4. The quantitative estimate of drug-likeness (QED) is 0.789. The van der Waals surface area contributed by atoms with Crippen LogP contribution in [0, 0.1) is 5.92 Å². The maximum Gasteiger partial charge on any atom is 0.258 e. The highest BCUT2D eigenvalue weighted by Crippen LogP contribution is 2.28. The standard InChI is InChI=1S/C11H16N8/c1-2-13-9-16-10(14-5-8-3-4-8)18-11(17-9)19-7-12-6-15-19/h6-8H,2-5H2,1H3,(H2,13,14,16,17,18). The number of hydrogen-bond donors (Lipinski definition) is 2. The molecule has 19 heavy (non-hydrogen) atoms. The summed E-state index contributed by atoms with van der Waals surface area (Å²) in [5, 5.41) is 10.4. The zero-order valence-corrected chi connectivity index (χ0v) is 10.7. The molecule has 8 nitrogen and oxygen atoms in total. The highest BCUT2D eigenvalue weighted by atomic mass is 15.4. The molecule has 0 radical (unpaired) electrons. The predicted molar refractivity (Wildman–Crippen MR) is 70.1 cm³/mol. The van der Waals surface area contributed by atoms with Crippen LogP contribution >= 0.6 is 0 Å². The number of hydrogen-bond acceptors (Lipinski definition) is 7. The van der Waals surface area contributed by atoms with Crippen molar-refractivity contribution in [2.24, 2.45) is 5.92 Å². The molecule has 1 fully saturated rings. The van der Waals surface area contributed by atoms with Gasteiger partial charge in [-0.15, -0.1) is 0 Å². The number of nitrogens with one attached hydrogen (secondary N) is 2. The van der Waals surface area contributed by atoms with Gasteiger partial charge in [-0.25, -0.2) is 4.98 Å². The number of anilines is 2. The van der Waals surface area contributed by atoms with Gasteiger partial charge < -0.3 is 10.6 Å². The Balaban J connectivity index is 1.84. The van der Waals surface area contributed by atoms with E-state index in [2.05, 4.69) is 35.7 Å². The SMILES string of the molecule is CCNc1nc(NCC2CC2)nc(-n2cncn2)n1. The van der Waals surface area contributed by atoms with Gasteiger partial charge in [0.25, 0.3) is 5.95 Å². The number of rotatable bonds is 6.